The fourth-order valence-electron chi connectivity index (χ4n) is 1.21. The standard InChI is InChI=1S/C9H13Cl2N3/c1-2-7(12)9(13)8-5(10)3-14-4-6(8)11/h3-4,7,9H,2,12-13H2,1H3/t7-,9+/m0/s1. The minimum absolute atomic E-state index is 0.146. The highest BCUT2D eigenvalue weighted by Gasteiger charge is 2.19. The summed E-state index contributed by atoms with van der Waals surface area (Å²) in [7, 11) is 0. The van der Waals surface area contributed by atoms with Crippen molar-refractivity contribution in [1.29, 1.82) is 0 Å². The van der Waals surface area contributed by atoms with Gasteiger partial charge in [-0.1, -0.05) is 30.1 Å². The normalized spacial score (nSPS) is 15.2. The molecule has 1 heterocycles. The Balaban J connectivity index is 3.05. The summed E-state index contributed by atoms with van der Waals surface area (Å²) in [5.74, 6) is 0. The monoisotopic (exact) mass is 233 g/mol. The SMILES string of the molecule is CC[C@H](N)[C@@H](N)c1c(Cl)cncc1Cl. The topological polar surface area (TPSA) is 64.9 Å². The van der Waals surface area contributed by atoms with Crippen molar-refractivity contribution in [3.63, 3.8) is 0 Å². The Morgan fingerprint density at radius 1 is 1.29 bits per heavy atom. The lowest BCUT2D eigenvalue weighted by atomic mass is 10.00. The van der Waals surface area contributed by atoms with E-state index in [1.807, 2.05) is 6.92 Å². The Labute approximate surface area is 93.4 Å². The van der Waals surface area contributed by atoms with E-state index in [-0.39, 0.29) is 12.1 Å². The Morgan fingerprint density at radius 3 is 2.21 bits per heavy atom. The van der Waals surface area contributed by atoms with Gasteiger partial charge in [-0.05, 0) is 6.42 Å². The van der Waals surface area contributed by atoms with Crippen LogP contribution in [0.3, 0.4) is 0 Å². The first-order chi connectivity index (χ1) is 6.57. The smallest absolute Gasteiger partial charge is 0.0652 e. The molecule has 0 radical (unpaired) electrons. The molecule has 0 spiro atoms. The molecular weight excluding hydrogens is 221 g/mol. The first-order valence-corrected chi connectivity index (χ1v) is 5.13. The lowest BCUT2D eigenvalue weighted by Crippen LogP contribution is -2.33. The van der Waals surface area contributed by atoms with Gasteiger partial charge >= 0.3 is 0 Å². The number of pyridine rings is 1. The number of rotatable bonds is 3. The van der Waals surface area contributed by atoms with Crippen molar-refractivity contribution in [2.24, 2.45) is 11.5 Å². The van der Waals surface area contributed by atoms with Gasteiger partial charge in [0.15, 0.2) is 0 Å². The molecule has 4 N–H and O–H groups in total. The fraction of sp³-hybridized carbons (Fsp3) is 0.444. The highest BCUT2D eigenvalue weighted by Crippen LogP contribution is 2.29. The molecule has 5 heteroatoms. The predicted octanol–water partition coefficient (Wildman–Crippen LogP) is 2.13. The van der Waals surface area contributed by atoms with Crippen LogP contribution in [0.25, 0.3) is 0 Å². The Morgan fingerprint density at radius 2 is 1.79 bits per heavy atom. The molecule has 0 fully saturated rings. The Kier molecular flexibility index (Phi) is 4.13. The van der Waals surface area contributed by atoms with Gasteiger partial charge in [0.2, 0.25) is 0 Å². The van der Waals surface area contributed by atoms with E-state index in [9.17, 15) is 0 Å². The van der Waals surface area contributed by atoms with Crippen LogP contribution >= 0.6 is 23.2 Å². The highest BCUT2D eigenvalue weighted by molar-refractivity contribution is 6.35. The number of aromatic nitrogens is 1. The van der Waals surface area contributed by atoms with E-state index in [1.165, 1.54) is 12.4 Å². The summed E-state index contributed by atoms with van der Waals surface area (Å²) in [5.41, 5.74) is 12.4. The van der Waals surface area contributed by atoms with Crippen LogP contribution in [0, 0.1) is 0 Å². The molecule has 0 amide bonds. The lowest BCUT2D eigenvalue weighted by molar-refractivity contribution is 0.532. The molecule has 14 heavy (non-hydrogen) atoms. The maximum Gasteiger partial charge on any atom is 0.0652 e. The second-order valence-electron chi connectivity index (χ2n) is 3.11. The van der Waals surface area contributed by atoms with Crippen molar-refractivity contribution >= 4 is 23.2 Å². The van der Waals surface area contributed by atoms with Crippen LogP contribution in [0.15, 0.2) is 12.4 Å². The first kappa shape index (κ1) is 11.7. The average molecular weight is 234 g/mol. The third-order valence-corrected chi connectivity index (χ3v) is 2.76. The van der Waals surface area contributed by atoms with Crippen molar-refractivity contribution in [2.45, 2.75) is 25.4 Å². The maximum absolute atomic E-state index is 5.94. The van der Waals surface area contributed by atoms with Crippen molar-refractivity contribution in [1.82, 2.24) is 4.98 Å². The summed E-state index contributed by atoms with van der Waals surface area (Å²) in [6.07, 6.45) is 3.81. The lowest BCUT2D eigenvalue weighted by Gasteiger charge is -2.20. The molecule has 0 saturated carbocycles. The van der Waals surface area contributed by atoms with Crippen molar-refractivity contribution in [3.8, 4) is 0 Å². The van der Waals surface area contributed by atoms with E-state index in [1.54, 1.807) is 0 Å². The fourth-order valence-corrected chi connectivity index (χ4v) is 1.82. The molecule has 0 aromatic carbocycles. The van der Waals surface area contributed by atoms with E-state index >= 15 is 0 Å². The van der Waals surface area contributed by atoms with E-state index < -0.39 is 0 Å². The molecule has 1 rings (SSSR count). The quantitative estimate of drug-likeness (QED) is 0.841. The van der Waals surface area contributed by atoms with Crippen LogP contribution < -0.4 is 11.5 Å². The summed E-state index contributed by atoms with van der Waals surface area (Å²) in [5, 5.41) is 0.933. The van der Waals surface area contributed by atoms with Gasteiger partial charge < -0.3 is 11.5 Å². The van der Waals surface area contributed by atoms with Gasteiger partial charge in [0, 0.05) is 30.0 Å². The Bertz CT molecular complexity index is 297. The number of nitrogens with two attached hydrogens (primary N) is 2. The molecule has 0 unspecified atom stereocenters. The molecule has 78 valence electrons. The predicted molar refractivity (Wildman–Crippen MR) is 59.5 cm³/mol. The van der Waals surface area contributed by atoms with Gasteiger partial charge in [-0.15, -0.1) is 0 Å². The van der Waals surface area contributed by atoms with Crippen LogP contribution in [-0.2, 0) is 0 Å². The van der Waals surface area contributed by atoms with Gasteiger partial charge in [-0.3, -0.25) is 4.98 Å². The molecule has 3 nitrogen and oxygen atoms in total. The van der Waals surface area contributed by atoms with Crippen molar-refractivity contribution < 1.29 is 0 Å². The molecular formula is C9H13Cl2N3. The van der Waals surface area contributed by atoms with Crippen LogP contribution in [0.4, 0.5) is 0 Å². The summed E-state index contributed by atoms with van der Waals surface area (Å²) < 4.78 is 0. The zero-order valence-corrected chi connectivity index (χ0v) is 9.39. The second-order valence-corrected chi connectivity index (χ2v) is 3.93. The number of hydrogen-bond donors (Lipinski definition) is 2. The number of halogens is 2. The maximum atomic E-state index is 5.94. The third kappa shape index (κ3) is 2.36. The van der Waals surface area contributed by atoms with E-state index in [0.29, 0.717) is 15.6 Å². The van der Waals surface area contributed by atoms with Gasteiger partial charge in [0.05, 0.1) is 10.0 Å². The molecule has 0 aliphatic heterocycles. The van der Waals surface area contributed by atoms with E-state index in [0.717, 1.165) is 6.42 Å². The summed E-state index contributed by atoms with van der Waals surface area (Å²) >= 11 is 11.9. The second kappa shape index (κ2) is 4.94. The van der Waals surface area contributed by atoms with Gasteiger partial charge in [-0.25, -0.2) is 0 Å². The minimum Gasteiger partial charge on any atom is -0.326 e. The van der Waals surface area contributed by atoms with Gasteiger partial charge in [-0.2, -0.15) is 0 Å². The van der Waals surface area contributed by atoms with Crippen molar-refractivity contribution in [2.75, 3.05) is 0 Å². The molecule has 0 saturated heterocycles. The Hall–Kier alpha value is -0.350. The zero-order valence-electron chi connectivity index (χ0n) is 7.87. The zero-order chi connectivity index (χ0) is 10.7. The van der Waals surface area contributed by atoms with E-state index in [2.05, 4.69) is 4.98 Å². The van der Waals surface area contributed by atoms with Gasteiger partial charge in [0.25, 0.3) is 0 Å². The third-order valence-electron chi connectivity index (χ3n) is 2.16. The molecule has 0 bridgehead atoms. The number of hydrogen-bond acceptors (Lipinski definition) is 3. The van der Waals surface area contributed by atoms with Crippen LogP contribution in [0.5, 0.6) is 0 Å². The largest absolute Gasteiger partial charge is 0.326 e. The highest BCUT2D eigenvalue weighted by atomic mass is 35.5. The molecule has 0 aliphatic carbocycles. The summed E-state index contributed by atoms with van der Waals surface area (Å²) in [6.45, 7) is 1.97. The van der Waals surface area contributed by atoms with Crippen LogP contribution in [-0.4, -0.2) is 11.0 Å². The minimum atomic E-state index is -0.344. The summed E-state index contributed by atoms with van der Waals surface area (Å²) in [6, 6.07) is -0.490. The molecule has 1 aromatic heterocycles. The van der Waals surface area contributed by atoms with Crippen molar-refractivity contribution in [3.05, 3.63) is 28.0 Å². The average Bonchev–Trinajstić information content (AvgIpc) is 2.16. The van der Waals surface area contributed by atoms with Crippen LogP contribution in [0.1, 0.15) is 24.9 Å². The molecule has 1 aromatic rings. The van der Waals surface area contributed by atoms with E-state index in [4.69, 9.17) is 34.7 Å². The van der Waals surface area contributed by atoms with Crippen LogP contribution in [0.2, 0.25) is 10.0 Å². The first-order valence-electron chi connectivity index (χ1n) is 4.38. The van der Waals surface area contributed by atoms with Gasteiger partial charge in [0.1, 0.15) is 0 Å². The molecule has 2 atom stereocenters. The summed E-state index contributed by atoms with van der Waals surface area (Å²) in [4.78, 5) is 3.85. The number of nitrogens with zero attached hydrogens (tertiary/aromatic N) is 1. The molecule has 0 aliphatic rings.